The molecule has 0 unspecified atom stereocenters. The molecule has 0 radical (unpaired) electrons. The molecule has 1 fully saturated rings. The molecule has 0 spiro atoms. The molecule has 1 aromatic heterocycles. The summed E-state index contributed by atoms with van der Waals surface area (Å²) in [6.07, 6.45) is 3.10. The van der Waals surface area contributed by atoms with Crippen LogP contribution in [0.2, 0.25) is 5.02 Å². The maximum Gasteiger partial charge on any atom is 0.250 e. The molecule has 2 aromatic rings. The standard InChI is InChI=1S/C19H22ClN3O5S/c1-28-16-7-6-15(23-11-2-4-19(23)25)12-17(16)29(26,27)21-9-3-10-22-13-14(20)5-8-18(22)24/h5-8,12-13,21H,2-4,9-11H2,1H3. The van der Waals surface area contributed by atoms with Crippen LogP contribution in [0.3, 0.4) is 0 Å². The first-order chi connectivity index (χ1) is 13.8. The van der Waals surface area contributed by atoms with Crippen LogP contribution < -0.4 is 19.9 Å². The Balaban J connectivity index is 1.71. The Morgan fingerprint density at radius 1 is 1.21 bits per heavy atom. The van der Waals surface area contributed by atoms with E-state index in [0.29, 0.717) is 36.6 Å². The minimum atomic E-state index is -3.87. The quantitative estimate of drug-likeness (QED) is 0.634. The summed E-state index contributed by atoms with van der Waals surface area (Å²) in [6.45, 7) is 1.01. The smallest absolute Gasteiger partial charge is 0.250 e. The maximum absolute atomic E-state index is 12.8. The SMILES string of the molecule is COc1ccc(N2CCCC2=O)cc1S(=O)(=O)NCCCn1cc(Cl)ccc1=O. The van der Waals surface area contributed by atoms with Crippen LogP contribution in [-0.4, -0.2) is 39.1 Å². The number of benzene rings is 1. The van der Waals surface area contributed by atoms with Gasteiger partial charge in [-0.1, -0.05) is 11.6 Å². The van der Waals surface area contributed by atoms with E-state index in [1.165, 1.54) is 36.1 Å². The molecular weight excluding hydrogens is 418 g/mol. The van der Waals surface area contributed by atoms with Gasteiger partial charge in [0.25, 0.3) is 5.56 Å². The number of rotatable bonds is 8. The van der Waals surface area contributed by atoms with Gasteiger partial charge < -0.3 is 14.2 Å². The van der Waals surface area contributed by atoms with Crippen molar-refractivity contribution in [2.75, 3.05) is 25.1 Å². The zero-order valence-corrected chi connectivity index (χ0v) is 17.5. The van der Waals surface area contributed by atoms with Gasteiger partial charge in [-0.3, -0.25) is 9.59 Å². The van der Waals surface area contributed by atoms with Gasteiger partial charge in [-0.2, -0.15) is 0 Å². The van der Waals surface area contributed by atoms with Crippen molar-refractivity contribution in [3.05, 3.63) is 51.9 Å². The minimum absolute atomic E-state index is 0.0292. The van der Waals surface area contributed by atoms with Crippen molar-refractivity contribution in [2.45, 2.75) is 30.7 Å². The van der Waals surface area contributed by atoms with Crippen molar-refractivity contribution in [1.82, 2.24) is 9.29 Å². The number of nitrogens with one attached hydrogen (secondary N) is 1. The number of sulfonamides is 1. The molecule has 2 heterocycles. The Hall–Kier alpha value is -2.36. The summed E-state index contributed by atoms with van der Waals surface area (Å²) in [4.78, 5) is 25.3. The molecule has 0 atom stereocenters. The summed E-state index contributed by atoms with van der Waals surface area (Å²) in [5, 5.41) is 0.434. The largest absolute Gasteiger partial charge is 0.495 e. The number of nitrogens with zero attached hydrogens (tertiary/aromatic N) is 2. The number of hydrogen-bond acceptors (Lipinski definition) is 5. The van der Waals surface area contributed by atoms with Crippen LogP contribution in [-0.2, 0) is 21.4 Å². The van der Waals surface area contributed by atoms with E-state index < -0.39 is 10.0 Å². The highest BCUT2D eigenvalue weighted by Crippen LogP contribution is 2.30. The molecule has 1 aromatic carbocycles. The van der Waals surface area contributed by atoms with Gasteiger partial charge in [0.1, 0.15) is 10.6 Å². The summed E-state index contributed by atoms with van der Waals surface area (Å²) < 4.78 is 34.8. The number of hydrogen-bond donors (Lipinski definition) is 1. The van der Waals surface area contributed by atoms with Crippen molar-refractivity contribution >= 4 is 33.2 Å². The lowest BCUT2D eigenvalue weighted by molar-refractivity contribution is -0.117. The normalized spacial score (nSPS) is 14.4. The van der Waals surface area contributed by atoms with Crippen molar-refractivity contribution in [2.24, 2.45) is 0 Å². The molecule has 1 aliphatic rings. The van der Waals surface area contributed by atoms with Crippen LogP contribution in [0.4, 0.5) is 5.69 Å². The van der Waals surface area contributed by atoms with Crippen LogP contribution in [0, 0.1) is 0 Å². The number of amides is 1. The third-order valence-corrected chi connectivity index (χ3v) is 6.34. The summed E-state index contributed by atoms with van der Waals surface area (Å²) in [6, 6.07) is 7.54. The number of halogens is 1. The number of aromatic nitrogens is 1. The van der Waals surface area contributed by atoms with Crippen LogP contribution in [0.5, 0.6) is 5.75 Å². The van der Waals surface area contributed by atoms with Gasteiger partial charge in [0.15, 0.2) is 0 Å². The molecule has 10 heteroatoms. The molecule has 156 valence electrons. The highest BCUT2D eigenvalue weighted by atomic mass is 35.5. The summed E-state index contributed by atoms with van der Waals surface area (Å²) in [5.41, 5.74) is 0.320. The zero-order valence-electron chi connectivity index (χ0n) is 15.9. The fourth-order valence-corrected chi connectivity index (χ4v) is 4.62. The fraction of sp³-hybridized carbons (Fsp3) is 0.368. The fourth-order valence-electron chi connectivity index (χ4n) is 3.18. The average Bonchev–Trinajstić information content (AvgIpc) is 3.13. The predicted octanol–water partition coefficient (Wildman–Crippen LogP) is 2.01. The van der Waals surface area contributed by atoms with E-state index >= 15 is 0 Å². The Labute approximate surface area is 174 Å². The number of aryl methyl sites for hydroxylation is 1. The van der Waals surface area contributed by atoms with Crippen LogP contribution >= 0.6 is 11.6 Å². The van der Waals surface area contributed by atoms with Gasteiger partial charge in [-0.05, 0) is 37.1 Å². The lowest BCUT2D eigenvalue weighted by atomic mass is 10.3. The van der Waals surface area contributed by atoms with Gasteiger partial charge in [0.2, 0.25) is 15.9 Å². The number of ether oxygens (including phenoxy) is 1. The highest BCUT2D eigenvalue weighted by molar-refractivity contribution is 7.89. The molecule has 1 saturated heterocycles. The van der Waals surface area contributed by atoms with E-state index in [9.17, 15) is 18.0 Å². The first kappa shape index (κ1) is 21.4. The number of anilines is 1. The van der Waals surface area contributed by atoms with E-state index in [0.717, 1.165) is 6.42 Å². The molecular formula is C19H22ClN3O5S. The van der Waals surface area contributed by atoms with Gasteiger partial charge in [-0.25, -0.2) is 13.1 Å². The first-order valence-corrected chi connectivity index (χ1v) is 11.0. The van der Waals surface area contributed by atoms with Crippen molar-refractivity contribution < 1.29 is 17.9 Å². The Bertz CT molecular complexity index is 1070. The lowest BCUT2D eigenvalue weighted by Gasteiger charge is -2.18. The molecule has 1 amide bonds. The molecule has 3 rings (SSSR count). The third-order valence-electron chi connectivity index (χ3n) is 4.64. The van der Waals surface area contributed by atoms with Gasteiger partial charge in [-0.15, -0.1) is 0 Å². The Morgan fingerprint density at radius 2 is 2.00 bits per heavy atom. The van der Waals surface area contributed by atoms with Gasteiger partial charge in [0.05, 0.1) is 12.1 Å². The van der Waals surface area contributed by atoms with E-state index in [1.54, 1.807) is 17.0 Å². The summed E-state index contributed by atoms with van der Waals surface area (Å²) >= 11 is 5.88. The molecule has 29 heavy (non-hydrogen) atoms. The number of carbonyl (C=O) groups is 1. The van der Waals surface area contributed by atoms with Crippen molar-refractivity contribution in [3.8, 4) is 5.75 Å². The van der Waals surface area contributed by atoms with Crippen LogP contribution in [0.25, 0.3) is 0 Å². The molecule has 1 aliphatic heterocycles. The van der Waals surface area contributed by atoms with Gasteiger partial charge in [0, 0.05) is 44.0 Å². The molecule has 0 saturated carbocycles. The number of carbonyl (C=O) groups excluding carboxylic acids is 1. The van der Waals surface area contributed by atoms with Crippen molar-refractivity contribution in [1.29, 1.82) is 0 Å². The topological polar surface area (TPSA) is 97.7 Å². The van der Waals surface area contributed by atoms with E-state index in [2.05, 4.69) is 4.72 Å². The summed E-state index contributed by atoms with van der Waals surface area (Å²) in [5.74, 6) is 0.164. The maximum atomic E-state index is 12.8. The van der Waals surface area contributed by atoms with Gasteiger partial charge >= 0.3 is 0 Å². The molecule has 0 bridgehead atoms. The second-order valence-electron chi connectivity index (χ2n) is 6.61. The monoisotopic (exact) mass is 439 g/mol. The third kappa shape index (κ3) is 4.98. The van der Waals surface area contributed by atoms with Crippen molar-refractivity contribution in [3.63, 3.8) is 0 Å². The average molecular weight is 440 g/mol. The lowest BCUT2D eigenvalue weighted by Crippen LogP contribution is -2.28. The molecule has 8 nitrogen and oxygen atoms in total. The van der Waals surface area contributed by atoms with E-state index in [4.69, 9.17) is 16.3 Å². The first-order valence-electron chi connectivity index (χ1n) is 9.16. The summed E-state index contributed by atoms with van der Waals surface area (Å²) in [7, 11) is -2.48. The zero-order chi connectivity index (χ0) is 21.0. The highest BCUT2D eigenvalue weighted by Gasteiger charge is 2.25. The number of pyridine rings is 1. The van der Waals surface area contributed by atoms with E-state index in [1.807, 2.05) is 0 Å². The van der Waals surface area contributed by atoms with Crippen LogP contribution in [0.15, 0.2) is 46.2 Å². The minimum Gasteiger partial charge on any atom is -0.495 e. The molecule has 0 aliphatic carbocycles. The molecule has 1 N–H and O–H groups in total. The van der Waals surface area contributed by atoms with Crippen LogP contribution in [0.1, 0.15) is 19.3 Å². The number of methoxy groups -OCH3 is 1. The predicted molar refractivity (Wildman–Crippen MR) is 110 cm³/mol. The Kier molecular flexibility index (Phi) is 6.61. The second kappa shape index (κ2) is 8.98. The van der Waals surface area contributed by atoms with E-state index in [-0.39, 0.29) is 28.7 Å². The second-order valence-corrected chi connectivity index (χ2v) is 8.79. The Morgan fingerprint density at radius 3 is 2.69 bits per heavy atom.